The van der Waals surface area contributed by atoms with Crippen molar-refractivity contribution in [2.24, 2.45) is 0 Å². The molecule has 0 saturated carbocycles. The van der Waals surface area contributed by atoms with Gasteiger partial charge in [-0.2, -0.15) is 5.26 Å². The molecule has 1 N–H and O–H groups in total. The van der Waals surface area contributed by atoms with Gasteiger partial charge < -0.3 is 10.1 Å². The Morgan fingerprint density at radius 2 is 2.19 bits per heavy atom. The molecular formula is C16H19FN2O2. The summed E-state index contributed by atoms with van der Waals surface area (Å²) in [5.74, 6) is -0.435. The van der Waals surface area contributed by atoms with E-state index in [9.17, 15) is 9.18 Å². The molecule has 0 aromatic heterocycles. The van der Waals surface area contributed by atoms with Gasteiger partial charge in [0.2, 0.25) is 0 Å². The summed E-state index contributed by atoms with van der Waals surface area (Å²) in [7, 11) is 0. The van der Waals surface area contributed by atoms with E-state index in [0.29, 0.717) is 18.5 Å². The quantitative estimate of drug-likeness (QED) is 0.861. The summed E-state index contributed by atoms with van der Waals surface area (Å²) in [6.45, 7) is 5.81. The van der Waals surface area contributed by atoms with E-state index in [4.69, 9.17) is 10.00 Å². The second-order valence-electron chi connectivity index (χ2n) is 5.46. The molecule has 1 rings (SSSR count). The predicted octanol–water partition coefficient (Wildman–Crippen LogP) is 3.63. The molecule has 1 aromatic rings. The topological polar surface area (TPSA) is 62.1 Å². The SMILES string of the molecule is CC(C)(C)OC(=O)NCCC=Cc1ccc(F)cc1C#N. The Hall–Kier alpha value is -2.35. The third-order valence-corrected chi connectivity index (χ3v) is 2.41. The lowest BCUT2D eigenvalue weighted by Gasteiger charge is -2.19. The molecule has 0 unspecified atom stereocenters. The molecule has 0 fully saturated rings. The summed E-state index contributed by atoms with van der Waals surface area (Å²) < 4.78 is 18.1. The average molecular weight is 290 g/mol. The summed E-state index contributed by atoms with van der Waals surface area (Å²) in [4.78, 5) is 11.4. The summed E-state index contributed by atoms with van der Waals surface area (Å²) in [5.41, 5.74) is 0.415. The maximum absolute atomic E-state index is 13.0. The van der Waals surface area contributed by atoms with Gasteiger partial charge >= 0.3 is 6.09 Å². The van der Waals surface area contributed by atoms with Crippen molar-refractivity contribution in [2.75, 3.05) is 6.54 Å². The van der Waals surface area contributed by atoms with Gasteiger partial charge in [0.05, 0.1) is 11.6 Å². The standard InChI is InChI=1S/C16H19FN2O2/c1-16(2,3)21-15(20)19-9-5-4-6-12-7-8-14(17)10-13(12)11-18/h4,6-8,10H,5,9H2,1-3H3,(H,19,20). The maximum Gasteiger partial charge on any atom is 0.407 e. The first-order valence-electron chi connectivity index (χ1n) is 6.65. The fraction of sp³-hybridized carbons (Fsp3) is 0.375. The minimum Gasteiger partial charge on any atom is -0.444 e. The van der Waals surface area contributed by atoms with Crippen LogP contribution in [0, 0.1) is 17.1 Å². The van der Waals surface area contributed by atoms with E-state index in [0.717, 1.165) is 0 Å². The summed E-state index contributed by atoms with van der Waals surface area (Å²) in [6, 6.07) is 5.99. The van der Waals surface area contributed by atoms with Gasteiger partial charge in [0.15, 0.2) is 0 Å². The molecule has 0 saturated heterocycles. The van der Waals surface area contributed by atoms with Gasteiger partial charge in [0.25, 0.3) is 0 Å². The number of nitriles is 1. The van der Waals surface area contributed by atoms with Crippen LogP contribution in [-0.4, -0.2) is 18.2 Å². The van der Waals surface area contributed by atoms with Crippen molar-refractivity contribution in [3.8, 4) is 6.07 Å². The number of nitrogens with zero attached hydrogens (tertiary/aromatic N) is 1. The predicted molar refractivity (Wildman–Crippen MR) is 79.0 cm³/mol. The van der Waals surface area contributed by atoms with E-state index in [2.05, 4.69) is 5.32 Å². The molecular weight excluding hydrogens is 271 g/mol. The fourth-order valence-electron chi connectivity index (χ4n) is 1.55. The van der Waals surface area contributed by atoms with Crippen LogP contribution in [0.1, 0.15) is 38.3 Å². The van der Waals surface area contributed by atoms with Gasteiger partial charge in [0.1, 0.15) is 11.4 Å². The second-order valence-corrected chi connectivity index (χ2v) is 5.46. The minimum absolute atomic E-state index is 0.284. The molecule has 0 bridgehead atoms. The summed E-state index contributed by atoms with van der Waals surface area (Å²) in [6.07, 6.45) is 3.66. The number of hydrogen-bond donors (Lipinski definition) is 1. The molecule has 0 aliphatic carbocycles. The van der Waals surface area contributed by atoms with Crippen molar-refractivity contribution < 1.29 is 13.9 Å². The lowest BCUT2D eigenvalue weighted by atomic mass is 10.1. The van der Waals surface area contributed by atoms with Crippen molar-refractivity contribution >= 4 is 12.2 Å². The number of carbonyl (C=O) groups excluding carboxylic acids is 1. The molecule has 5 heteroatoms. The molecule has 4 nitrogen and oxygen atoms in total. The van der Waals surface area contributed by atoms with Gasteiger partial charge in [-0.05, 0) is 44.9 Å². The van der Waals surface area contributed by atoms with E-state index in [1.165, 1.54) is 12.1 Å². The molecule has 0 radical (unpaired) electrons. The van der Waals surface area contributed by atoms with E-state index >= 15 is 0 Å². The number of halogens is 1. The Morgan fingerprint density at radius 3 is 2.81 bits per heavy atom. The molecule has 0 spiro atoms. The molecule has 112 valence electrons. The van der Waals surface area contributed by atoms with Gasteiger partial charge in [-0.15, -0.1) is 0 Å². The second kappa shape index (κ2) is 7.44. The first-order valence-corrected chi connectivity index (χ1v) is 6.65. The first-order chi connectivity index (χ1) is 9.81. The van der Waals surface area contributed by atoms with Crippen molar-refractivity contribution in [1.29, 1.82) is 5.26 Å². The number of alkyl carbamates (subject to hydrolysis) is 1. The van der Waals surface area contributed by atoms with Crippen LogP contribution in [0.2, 0.25) is 0 Å². The average Bonchev–Trinajstić information content (AvgIpc) is 2.37. The van der Waals surface area contributed by atoms with Gasteiger partial charge in [-0.1, -0.05) is 18.2 Å². The van der Waals surface area contributed by atoms with E-state index in [-0.39, 0.29) is 5.56 Å². The van der Waals surface area contributed by atoms with Crippen LogP contribution >= 0.6 is 0 Å². The lowest BCUT2D eigenvalue weighted by Crippen LogP contribution is -2.32. The third-order valence-electron chi connectivity index (χ3n) is 2.41. The molecule has 0 heterocycles. The molecule has 21 heavy (non-hydrogen) atoms. The van der Waals surface area contributed by atoms with Crippen LogP contribution in [0.3, 0.4) is 0 Å². The van der Waals surface area contributed by atoms with E-state index in [1.807, 2.05) is 12.1 Å². The normalized spacial score (nSPS) is 11.2. The highest BCUT2D eigenvalue weighted by Crippen LogP contribution is 2.12. The van der Waals surface area contributed by atoms with Crippen LogP contribution in [0.4, 0.5) is 9.18 Å². The first kappa shape index (κ1) is 16.7. The number of rotatable bonds is 4. The van der Waals surface area contributed by atoms with Crippen LogP contribution in [-0.2, 0) is 4.74 Å². The summed E-state index contributed by atoms with van der Waals surface area (Å²) in [5, 5.41) is 11.5. The fourth-order valence-corrected chi connectivity index (χ4v) is 1.55. The number of benzene rings is 1. The van der Waals surface area contributed by atoms with Crippen LogP contribution in [0.5, 0.6) is 0 Å². The highest BCUT2D eigenvalue weighted by Gasteiger charge is 2.15. The van der Waals surface area contributed by atoms with Gasteiger partial charge in [-0.3, -0.25) is 0 Å². The molecule has 1 aromatic carbocycles. The Bertz CT molecular complexity index is 569. The highest BCUT2D eigenvalue weighted by atomic mass is 19.1. The lowest BCUT2D eigenvalue weighted by molar-refractivity contribution is 0.0529. The smallest absolute Gasteiger partial charge is 0.407 e. The number of ether oxygens (including phenoxy) is 1. The monoisotopic (exact) mass is 290 g/mol. The third kappa shape index (κ3) is 6.57. The van der Waals surface area contributed by atoms with Gasteiger partial charge in [0, 0.05) is 6.54 Å². The number of nitrogens with one attached hydrogen (secondary N) is 1. The zero-order valence-electron chi connectivity index (χ0n) is 12.4. The molecule has 0 atom stereocenters. The molecule has 1 amide bonds. The molecule has 0 aliphatic heterocycles. The number of carbonyl (C=O) groups is 1. The Balaban J connectivity index is 2.43. The zero-order valence-corrected chi connectivity index (χ0v) is 12.4. The minimum atomic E-state index is -0.518. The highest BCUT2D eigenvalue weighted by molar-refractivity contribution is 5.67. The van der Waals surface area contributed by atoms with Crippen LogP contribution < -0.4 is 5.32 Å². The Kier molecular flexibility index (Phi) is 5.92. The van der Waals surface area contributed by atoms with Crippen molar-refractivity contribution in [1.82, 2.24) is 5.32 Å². The summed E-state index contributed by atoms with van der Waals surface area (Å²) >= 11 is 0. The van der Waals surface area contributed by atoms with Crippen molar-refractivity contribution in [2.45, 2.75) is 32.8 Å². The van der Waals surface area contributed by atoms with Crippen molar-refractivity contribution in [3.63, 3.8) is 0 Å². The van der Waals surface area contributed by atoms with E-state index < -0.39 is 17.5 Å². The number of amides is 1. The molecule has 0 aliphatic rings. The van der Waals surface area contributed by atoms with Gasteiger partial charge in [-0.25, -0.2) is 9.18 Å². The van der Waals surface area contributed by atoms with Crippen molar-refractivity contribution in [3.05, 3.63) is 41.2 Å². The van der Waals surface area contributed by atoms with Crippen LogP contribution in [0.15, 0.2) is 24.3 Å². The largest absolute Gasteiger partial charge is 0.444 e. The zero-order chi connectivity index (χ0) is 15.9. The maximum atomic E-state index is 13.0. The number of hydrogen-bond acceptors (Lipinski definition) is 3. The van der Waals surface area contributed by atoms with Crippen LogP contribution in [0.25, 0.3) is 6.08 Å². The Labute approximate surface area is 124 Å². The van der Waals surface area contributed by atoms with E-state index in [1.54, 1.807) is 32.9 Å². The Morgan fingerprint density at radius 1 is 1.48 bits per heavy atom.